The van der Waals surface area contributed by atoms with E-state index >= 15 is 0 Å². The Labute approximate surface area is 103 Å². The van der Waals surface area contributed by atoms with Crippen LogP contribution in [0.15, 0.2) is 12.4 Å². The lowest BCUT2D eigenvalue weighted by atomic mass is 9.98. The normalized spacial score (nSPS) is 11.7. The van der Waals surface area contributed by atoms with Crippen LogP contribution in [0.1, 0.15) is 26.7 Å². The van der Waals surface area contributed by atoms with E-state index in [9.17, 15) is 4.79 Å². The van der Waals surface area contributed by atoms with Gasteiger partial charge in [-0.15, -0.1) is 5.10 Å². The van der Waals surface area contributed by atoms with Gasteiger partial charge in [0.05, 0.1) is 12.4 Å². The van der Waals surface area contributed by atoms with E-state index in [2.05, 4.69) is 25.8 Å². The predicted molar refractivity (Wildman–Crippen MR) is 63.1 cm³/mol. The van der Waals surface area contributed by atoms with Crippen LogP contribution in [0, 0.1) is 0 Å². The molecule has 0 amide bonds. The standard InChI is InChI=1S/C10H14N6O2/c1-10(2,4-3-9(17)18)12-7-5-11-6-8-13-14-15-16(7)8/h5-6,12H,3-4H2,1-2H3,(H,17,18). The molecule has 2 heterocycles. The largest absolute Gasteiger partial charge is 0.481 e. The van der Waals surface area contributed by atoms with Crippen LogP contribution in [0.3, 0.4) is 0 Å². The zero-order valence-electron chi connectivity index (χ0n) is 10.2. The van der Waals surface area contributed by atoms with E-state index in [1.54, 1.807) is 12.4 Å². The second-order valence-corrected chi connectivity index (χ2v) is 4.64. The quantitative estimate of drug-likeness (QED) is 0.799. The highest BCUT2D eigenvalue weighted by Gasteiger charge is 2.20. The minimum Gasteiger partial charge on any atom is -0.481 e. The third-order valence-electron chi connectivity index (χ3n) is 2.54. The lowest BCUT2D eigenvalue weighted by Gasteiger charge is -2.26. The molecule has 0 saturated carbocycles. The van der Waals surface area contributed by atoms with Gasteiger partial charge in [-0.2, -0.15) is 4.52 Å². The lowest BCUT2D eigenvalue weighted by molar-refractivity contribution is -0.137. The third-order valence-corrected chi connectivity index (χ3v) is 2.54. The van der Waals surface area contributed by atoms with E-state index in [0.29, 0.717) is 17.9 Å². The molecule has 8 nitrogen and oxygen atoms in total. The Morgan fingerprint density at radius 3 is 3.00 bits per heavy atom. The Morgan fingerprint density at radius 1 is 1.50 bits per heavy atom. The molecule has 0 saturated heterocycles. The summed E-state index contributed by atoms with van der Waals surface area (Å²) in [4.78, 5) is 14.6. The van der Waals surface area contributed by atoms with Crippen molar-refractivity contribution < 1.29 is 9.90 Å². The molecule has 0 spiro atoms. The molecule has 0 fully saturated rings. The molecule has 8 heteroatoms. The highest BCUT2D eigenvalue weighted by molar-refractivity contribution is 5.66. The molecular formula is C10H14N6O2. The number of nitrogens with zero attached hydrogens (tertiary/aromatic N) is 5. The maximum absolute atomic E-state index is 10.6. The van der Waals surface area contributed by atoms with Gasteiger partial charge < -0.3 is 10.4 Å². The van der Waals surface area contributed by atoms with E-state index < -0.39 is 5.97 Å². The fourth-order valence-corrected chi connectivity index (χ4v) is 1.59. The van der Waals surface area contributed by atoms with E-state index in [1.165, 1.54) is 4.52 Å². The number of anilines is 1. The van der Waals surface area contributed by atoms with Crippen LogP contribution < -0.4 is 5.32 Å². The van der Waals surface area contributed by atoms with Crippen LogP contribution >= 0.6 is 0 Å². The van der Waals surface area contributed by atoms with Crippen LogP contribution in [0.4, 0.5) is 5.82 Å². The smallest absolute Gasteiger partial charge is 0.303 e. The van der Waals surface area contributed by atoms with Crippen molar-refractivity contribution in [3.63, 3.8) is 0 Å². The summed E-state index contributed by atoms with van der Waals surface area (Å²) in [5, 5.41) is 23.1. The Balaban J connectivity index is 2.17. The summed E-state index contributed by atoms with van der Waals surface area (Å²) in [6.45, 7) is 3.83. The number of hydrogen-bond acceptors (Lipinski definition) is 6. The fourth-order valence-electron chi connectivity index (χ4n) is 1.59. The van der Waals surface area contributed by atoms with Crippen molar-refractivity contribution in [1.29, 1.82) is 0 Å². The summed E-state index contributed by atoms with van der Waals surface area (Å²) in [5.74, 6) is -0.184. The summed E-state index contributed by atoms with van der Waals surface area (Å²) in [7, 11) is 0. The van der Waals surface area contributed by atoms with E-state index in [4.69, 9.17) is 5.11 Å². The summed E-state index contributed by atoms with van der Waals surface area (Å²) >= 11 is 0. The Hall–Kier alpha value is -2.25. The Kier molecular flexibility index (Phi) is 3.09. The molecule has 0 aliphatic rings. The van der Waals surface area contributed by atoms with Gasteiger partial charge in [-0.1, -0.05) is 0 Å². The number of carboxylic acids is 1. The molecule has 0 radical (unpaired) electrons. The molecule has 2 aromatic heterocycles. The zero-order valence-corrected chi connectivity index (χ0v) is 10.2. The maximum Gasteiger partial charge on any atom is 0.303 e. The third kappa shape index (κ3) is 2.70. The summed E-state index contributed by atoms with van der Waals surface area (Å²) in [6.07, 6.45) is 3.74. The highest BCUT2D eigenvalue weighted by Crippen LogP contribution is 2.18. The topological polar surface area (TPSA) is 105 Å². The van der Waals surface area contributed by atoms with Gasteiger partial charge in [0, 0.05) is 12.0 Å². The first kappa shape index (κ1) is 12.2. The number of fused-ring (bicyclic) bond motifs is 1. The van der Waals surface area contributed by atoms with Gasteiger partial charge >= 0.3 is 5.97 Å². The number of aromatic nitrogens is 5. The number of tetrazole rings is 1. The number of hydrogen-bond donors (Lipinski definition) is 2. The van der Waals surface area contributed by atoms with E-state index in [0.717, 1.165) is 0 Å². The van der Waals surface area contributed by atoms with Crippen LogP contribution in [0.5, 0.6) is 0 Å². The molecule has 0 aromatic carbocycles. The first-order valence-electron chi connectivity index (χ1n) is 5.50. The van der Waals surface area contributed by atoms with Crippen LogP contribution in [0.2, 0.25) is 0 Å². The number of nitrogens with one attached hydrogen (secondary N) is 1. The van der Waals surface area contributed by atoms with Gasteiger partial charge in [-0.05, 0) is 30.7 Å². The van der Waals surface area contributed by atoms with Gasteiger partial charge in [0.2, 0.25) is 0 Å². The molecule has 0 bridgehead atoms. The monoisotopic (exact) mass is 250 g/mol. The number of rotatable bonds is 5. The van der Waals surface area contributed by atoms with Crippen LogP contribution in [0.25, 0.3) is 5.65 Å². The van der Waals surface area contributed by atoms with E-state index in [1.807, 2.05) is 13.8 Å². The number of carboxylic acid groups (broad SMARTS) is 1. The summed E-state index contributed by atoms with van der Waals surface area (Å²) in [6, 6.07) is 0. The Morgan fingerprint density at radius 2 is 2.28 bits per heavy atom. The van der Waals surface area contributed by atoms with Gasteiger partial charge in [0.25, 0.3) is 0 Å². The van der Waals surface area contributed by atoms with Gasteiger partial charge in [0.1, 0.15) is 0 Å². The minimum atomic E-state index is -0.816. The molecule has 2 N–H and O–H groups in total. The molecular weight excluding hydrogens is 236 g/mol. The SMILES string of the molecule is CC(C)(CCC(=O)O)Nc1cncc2nnnn12. The number of aliphatic carboxylic acids is 1. The van der Waals surface area contributed by atoms with Crippen molar-refractivity contribution >= 4 is 17.4 Å². The van der Waals surface area contributed by atoms with Crippen molar-refractivity contribution in [2.75, 3.05) is 5.32 Å². The van der Waals surface area contributed by atoms with E-state index in [-0.39, 0.29) is 12.0 Å². The summed E-state index contributed by atoms with van der Waals surface area (Å²) in [5.41, 5.74) is 0.148. The molecule has 0 atom stereocenters. The second-order valence-electron chi connectivity index (χ2n) is 4.64. The lowest BCUT2D eigenvalue weighted by Crippen LogP contribution is -2.32. The van der Waals surface area contributed by atoms with Gasteiger partial charge in [-0.25, -0.2) is 0 Å². The van der Waals surface area contributed by atoms with Gasteiger partial charge in [0.15, 0.2) is 11.5 Å². The maximum atomic E-state index is 10.6. The molecule has 2 aromatic rings. The van der Waals surface area contributed by atoms with Crippen molar-refractivity contribution in [1.82, 2.24) is 25.0 Å². The average Bonchev–Trinajstić information content (AvgIpc) is 2.75. The molecule has 18 heavy (non-hydrogen) atoms. The highest BCUT2D eigenvalue weighted by atomic mass is 16.4. The fraction of sp³-hybridized carbons (Fsp3) is 0.500. The predicted octanol–water partition coefficient (Wildman–Crippen LogP) is 0.575. The van der Waals surface area contributed by atoms with Crippen molar-refractivity contribution in [3.05, 3.63) is 12.4 Å². The average molecular weight is 250 g/mol. The molecule has 96 valence electrons. The molecule has 0 unspecified atom stereocenters. The zero-order chi connectivity index (χ0) is 13.2. The molecule has 0 aliphatic heterocycles. The van der Waals surface area contributed by atoms with Crippen molar-refractivity contribution in [2.45, 2.75) is 32.2 Å². The Bertz CT molecular complexity index is 564. The van der Waals surface area contributed by atoms with Crippen molar-refractivity contribution in [2.24, 2.45) is 0 Å². The summed E-state index contributed by atoms with van der Waals surface area (Å²) < 4.78 is 1.52. The van der Waals surface area contributed by atoms with Gasteiger partial charge in [-0.3, -0.25) is 9.78 Å². The van der Waals surface area contributed by atoms with Crippen LogP contribution in [-0.4, -0.2) is 41.6 Å². The first-order valence-corrected chi connectivity index (χ1v) is 5.50. The number of carbonyl (C=O) groups is 1. The minimum absolute atomic E-state index is 0.0962. The second kappa shape index (κ2) is 4.55. The van der Waals surface area contributed by atoms with Crippen LogP contribution in [-0.2, 0) is 4.79 Å². The first-order chi connectivity index (χ1) is 8.48. The molecule has 2 rings (SSSR count). The van der Waals surface area contributed by atoms with Crippen molar-refractivity contribution in [3.8, 4) is 0 Å². The molecule has 0 aliphatic carbocycles.